The molecular formula is C12H12N4O. The lowest BCUT2D eigenvalue weighted by Crippen LogP contribution is -1.91. The fourth-order valence-corrected chi connectivity index (χ4v) is 1.48. The summed E-state index contributed by atoms with van der Waals surface area (Å²) in [6, 6.07) is 9.38. The zero-order valence-corrected chi connectivity index (χ0v) is 9.40. The Morgan fingerprint density at radius 2 is 2.12 bits per heavy atom. The highest BCUT2D eigenvalue weighted by Gasteiger charge is 2.08. The molecule has 0 saturated carbocycles. The van der Waals surface area contributed by atoms with Crippen LogP contribution >= 0.6 is 0 Å². The summed E-state index contributed by atoms with van der Waals surface area (Å²) in [7, 11) is 0. The first kappa shape index (κ1) is 11.0. The molecule has 0 fully saturated rings. The highest BCUT2D eigenvalue weighted by molar-refractivity contribution is 5.61. The Labute approximate surface area is 98.9 Å². The number of ether oxygens (including phenoxy) is 1. The van der Waals surface area contributed by atoms with Crippen molar-refractivity contribution in [1.29, 1.82) is 5.26 Å². The van der Waals surface area contributed by atoms with Crippen LogP contribution in [0.2, 0.25) is 0 Å². The minimum absolute atomic E-state index is 0.219. The number of hydrogen-bond acceptors (Lipinski definition) is 4. The van der Waals surface area contributed by atoms with Gasteiger partial charge >= 0.3 is 0 Å². The van der Waals surface area contributed by atoms with Crippen LogP contribution in [0.3, 0.4) is 0 Å². The summed E-state index contributed by atoms with van der Waals surface area (Å²) in [4.78, 5) is 6.95. The van der Waals surface area contributed by atoms with Gasteiger partial charge in [0.15, 0.2) is 11.5 Å². The number of H-pyrrole nitrogens is 1. The van der Waals surface area contributed by atoms with Crippen molar-refractivity contribution in [2.45, 2.75) is 6.92 Å². The molecule has 1 heterocycles. The third-order valence-corrected chi connectivity index (χ3v) is 2.28. The number of benzene rings is 1. The van der Waals surface area contributed by atoms with E-state index in [4.69, 9.17) is 15.7 Å². The number of rotatable bonds is 3. The third-order valence-electron chi connectivity index (χ3n) is 2.28. The summed E-state index contributed by atoms with van der Waals surface area (Å²) in [6.07, 6.45) is 0. The molecule has 0 unspecified atom stereocenters. The molecule has 1 aromatic heterocycles. The largest absolute Gasteiger partial charge is 0.494 e. The topological polar surface area (TPSA) is 87.7 Å². The molecule has 3 N–H and O–H groups in total. The average Bonchev–Trinajstić information content (AvgIpc) is 2.72. The number of anilines is 1. The van der Waals surface area contributed by atoms with Crippen LogP contribution in [0.5, 0.6) is 5.75 Å². The second-order valence-corrected chi connectivity index (χ2v) is 3.41. The van der Waals surface area contributed by atoms with Crippen LogP contribution in [-0.2, 0) is 0 Å². The zero-order chi connectivity index (χ0) is 12.3. The van der Waals surface area contributed by atoms with Crippen molar-refractivity contribution in [3.63, 3.8) is 0 Å². The minimum atomic E-state index is 0.219. The number of hydrogen-bond donors (Lipinski definition) is 2. The molecule has 0 amide bonds. The summed E-state index contributed by atoms with van der Waals surface area (Å²) in [6.45, 7) is 2.56. The summed E-state index contributed by atoms with van der Waals surface area (Å²) >= 11 is 0. The number of imidazole rings is 1. The highest BCUT2D eigenvalue weighted by atomic mass is 16.5. The van der Waals surface area contributed by atoms with E-state index in [0.29, 0.717) is 12.4 Å². The first-order valence-electron chi connectivity index (χ1n) is 5.23. The van der Waals surface area contributed by atoms with Crippen molar-refractivity contribution in [2.75, 3.05) is 12.3 Å². The molecule has 0 spiro atoms. The standard InChI is InChI=1S/C12H12N4O/c1-2-17-9-5-3-8(4-6-9)12-15-10(7-13)11(14)16-12/h3-6H,2,14H2,1H3,(H,15,16). The van der Waals surface area contributed by atoms with Gasteiger partial charge in [-0.15, -0.1) is 0 Å². The van der Waals surface area contributed by atoms with Gasteiger partial charge in [0.05, 0.1) is 6.61 Å². The quantitative estimate of drug-likeness (QED) is 0.840. The first-order chi connectivity index (χ1) is 8.24. The molecule has 0 atom stereocenters. The van der Waals surface area contributed by atoms with Crippen LogP contribution in [0.25, 0.3) is 11.4 Å². The number of aromatic amines is 1. The molecule has 0 saturated heterocycles. The summed E-state index contributed by atoms with van der Waals surface area (Å²) in [5.41, 5.74) is 6.73. The molecular weight excluding hydrogens is 216 g/mol. The number of nitrogens with one attached hydrogen (secondary N) is 1. The lowest BCUT2D eigenvalue weighted by Gasteiger charge is -2.02. The summed E-state index contributed by atoms with van der Waals surface area (Å²) < 4.78 is 5.34. The maximum Gasteiger partial charge on any atom is 0.161 e. The fourth-order valence-electron chi connectivity index (χ4n) is 1.48. The number of nitrogens with zero attached hydrogens (tertiary/aromatic N) is 2. The first-order valence-corrected chi connectivity index (χ1v) is 5.23. The van der Waals surface area contributed by atoms with E-state index in [-0.39, 0.29) is 11.5 Å². The van der Waals surface area contributed by atoms with Crippen LogP contribution in [0.15, 0.2) is 24.3 Å². The second-order valence-electron chi connectivity index (χ2n) is 3.41. The molecule has 0 bridgehead atoms. The Bertz CT molecular complexity index is 551. The molecule has 5 nitrogen and oxygen atoms in total. The molecule has 0 aliphatic carbocycles. The van der Waals surface area contributed by atoms with Gasteiger partial charge in [0, 0.05) is 5.56 Å². The lowest BCUT2D eigenvalue weighted by atomic mass is 10.2. The van der Waals surface area contributed by atoms with Crippen molar-refractivity contribution < 1.29 is 4.74 Å². The van der Waals surface area contributed by atoms with E-state index in [2.05, 4.69) is 9.97 Å². The Hall–Kier alpha value is -2.48. The van der Waals surface area contributed by atoms with Gasteiger partial charge in [-0.1, -0.05) is 0 Å². The maximum atomic E-state index is 8.77. The summed E-state index contributed by atoms with van der Waals surface area (Å²) in [5.74, 6) is 1.61. The Kier molecular flexibility index (Phi) is 2.97. The molecule has 17 heavy (non-hydrogen) atoms. The van der Waals surface area contributed by atoms with Gasteiger partial charge in [-0.05, 0) is 31.2 Å². The van der Waals surface area contributed by atoms with Crippen LogP contribution in [0.1, 0.15) is 12.6 Å². The lowest BCUT2D eigenvalue weighted by molar-refractivity contribution is 0.340. The van der Waals surface area contributed by atoms with Crippen LogP contribution < -0.4 is 10.5 Å². The zero-order valence-electron chi connectivity index (χ0n) is 9.40. The van der Waals surface area contributed by atoms with Crippen LogP contribution in [0, 0.1) is 11.3 Å². The van der Waals surface area contributed by atoms with Crippen LogP contribution in [-0.4, -0.2) is 16.6 Å². The molecule has 1 aromatic carbocycles. The molecule has 0 aliphatic rings. The SMILES string of the molecule is CCOc1ccc(-c2nc(N)c(C#N)[nH]2)cc1. The molecule has 5 heteroatoms. The number of nitrogens with two attached hydrogens (primary N) is 1. The van der Waals surface area contributed by atoms with Gasteiger partial charge in [0.1, 0.15) is 17.6 Å². The smallest absolute Gasteiger partial charge is 0.161 e. The van der Waals surface area contributed by atoms with Crippen molar-refractivity contribution in [1.82, 2.24) is 9.97 Å². The molecule has 0 aliphatic heterocycles. The summed E-state index contributed by atoms with van der Waals surface area (Å²) in [5, 5.41) is 8.77. The Morgan fingerprint density at radius 1 is 1.41 bits per heavy atom. The average molecular weight is 228 g/mol. The van der Waals surface area contributed by atoms with Crippen LogP contribution in [0.4, 0.5) is 5.82 Å². The van der Waals surface area contributed by atoms with E-state index in [1.807, 2.05) is 37.3 Å². The molecule has 2 rings (SSSR count). The monoisotopic (exact) mass is 228 g/mol. The van der Waals surface area contributed by atoms with Gasteiger partial charge < -0.3 is 15.5 Å². The third kappa shape index (κ3) is 2.21. The second kappa shape index (κ2) is 4.58. The van der Waals surface area contributed by atoms with Gasteiger partial charge in [-0.2, -0.15) is 5.26 Å². The molecule has 86 valence electrons. The fraction of sp³-hybridized carbons (Fsp3) is 0.167. The predicted molar refractivity (Wildman–Crippen MR) is 64.3 cm³/mol. The Morgan fingerprint density at radius 3 is 2.65 bits per heavy atom. The van der Waals surface area contributed by atoms with Crippen molar-refractivity contribution in [3.05, 3.63) is 30.0 Å². The number of nitriles is 1. The van der Waals surface area contributed by atoms with Crippen molar-refractivity contribution >= 4 is 5.82 Å². The van der Waals surface area contributed by atoms with E-state index < -0.39 is 0 Å². The van der Waals surface area contributed by atoms with Crippen molar-refractivity contribution in [2.24, 2.45) is 0 Å². The van der Waals surface area contributed by atoms with Gasteiger partial charge in [0.25, 0.3) is 0 Å². The normalized spacial score (nSPS) is 9.88. The van der Waals surface area contributed by atoms with E-state index in [0.717, 1.165) is 11.3 Å². The molecule has 0 radical (unpaired) electrons. The number of aromatic nitrogens is 2. The van der Waals surface area contributed by atoms with E-state index in [1.165, 1.54) is 0 Å². The number of nitrogen functional groups attached to an aromatic ring is 1. The predicted octanol–water partition coefficient (Wildman–Crippen LogP) is 1.93. The van der Waals surface area contributed by atoms with Gasteiger partial charge in [-0.3, -0.25) is 0 Å². The maximum absolute atomic E-state index is 8.77. The van der Waals surface area contributed by atoms with Gasteiger partial charge in [-0.25, -0.2) is 4.98 Å². The Balaban J connectivity index is 2.30. The van der Waals surface area contributed by atoms with E-state index >= 15 is 0 Å². The van der Waals surface area contributed by atoms with Crippen molar-refractivity contribution in [3.8, 4) is 23.2 Å². The van der Waals surface area contributed by atoms with Gasteiger partial charge in [0.2, 0.25) is 0 Å². The minimum Gasteiger partial charge on any atom is -0.494 e. The molecule has 2 aromatic rings. The van der Waals surface area contributed by atoms with E-state index in [1.54, 1.807) is 0 Å². The highest BCUT2D eigenvalue weighted by Crippen LogP contribution is 2.21. The van der Waals surface area contributed by atoms with E-state index in [9.17, 15) is 0 Å².